The van der Waals surface area contributed by atoms with E-state index in [1.54, 1.807) is 24.3 Å². The van der Waals surface area contributed by atoms with Gasteiger partial charge >= 0.3 is 0 Å². The average molecular weight is 291 g/mol. The minimum Gasteiger partial charge on any atom is -0.504 e. The van der Waals surface area contributed by atoms with Gasteiger partial charge < -0.3 is 10.2 Å². The SMILES string of the molecule is O=C1c2ccccc2C(=O)c2c1c(O)c(O)c1cccnc21. The van der Waals surface area contributed by atoms with Crippen molar-refractivity contribution >= 4 is 22.5 Å². The molecular weight excluding hydrogens is 282 g/mol. The van der Waals surface area contributed by atoms with E-state index in [-0.39, 0.29) is 38.9 Å². The molecule has 0 atom stereocenters. The lowest BCUT2D eigenvalue weighted by atomic mass is 9.82. The van der Waals surface area contributed by atoms with Crippen LogP contribution in [0.25, 0.3) is 10.9 Å². The topological polar surface area (TPSA) is 87.5 Å². The molecule has 0 amide bonds. The van der Waals surface area contributed by atoms with Crippen molar-refractivity contribution in [3.8, 4) is 11.5 Å². The van der Waals surface area contributed by atoms with E-state index in [0.29, 0.717) is 0 Å². The van der Waals surface area contributed by atoms with Crippen molar-refractivity contribution in [3.63, 3.8) is 0 Å². The molecule has 0 radical (unpaired) electrons. The van der Waals surface area contributed by atoms with Gasteiger partial charge in [-0.1, -0.05) is 24.3 Å². The maximum Gasteiger partial charge on any atom is 0.198 e. The van der Waals surface area contributed by atoms with Crippen molar-refractivity contribution in [2.75, 3.05) is 0 Å². The second kappa shape index (κ2) is 4.14. The zero-order chi connectivity index (χ0) is 15.4. The maximum absolute atomic E-state index is 12.7. The Kier molecular flexibility index (Phi) is 2.36. The first-order chi connectivity index (χ1) is 10.6. The second-order valence-electron chi connectivity index (χ2n) is 5.05. The fourth-order valence-corrected chi connectivity index (χ4v) is 2.87. The molecule has 0 fully saturated rings. The molecule has 1 aliphatic rings. The Morgan fingerprint density at radius 2 is 1.41 bits per heavy atom. The lowest BCUT2D eigenvalue weighted by Crippen LogP contribution is -2.21. The van der Waals surface area contributed by atoms with Crippen LogP contribution < -0.4 is 0 Å². The summed E-state index contributed by atoms with van der Waals surface area (Å²) in [5, 5.41) is 20.6. The van der Waals surface area contributed by atoms with Crippen LogP contribution in [0.2, 0.25) is 0 Å². The Bertz CT molecular complexity index is 991. The Morgan fingerprint density at radius 1 is 0.773 bits per heavy atom. The van der Waals surface area contributed by atoms with E-state index in [1.165, 1.54) is 18.3 Å². The predicted molar refractivity (Wildman–Crippen MR) is 78.4 cm³/mol. The van der Waals surface area contributed by atoms with Crippen LogP contribution >= 0.6 is 0 Å². The number of hydrogen-bond acceptors (Lipinski definition) is 5. The van der Waals surface area contributed by atoms with Gasteiger partial charge in [0.15, 0.2) is 23.1 Å². The molecule has 1 aromatic heterocycles. The van der Waals surface area contributed by atoms with Gasteiger partial charge in [-0.05, 0) is 12.1 Å². The molecule has 3 aromatic rings. The molecule has 0 bridgehead atoms. The summed E-state index contributed by atoms with van der Waals surface area (Å²) >= 11 is 0. The number of rotatable bonds is 0. The third-order valence-corrected chi connectivity index (χ3v) is 3.88. The lowest BCUT2D eigenvalue weighted by Gasteiger charge is -2.20. The molecule has 0 spiro atoms. The van der Waals surface area contributed by atoms with Crippen LogP contribution in [0.4, 0.5) is 0 Å². The smallest absolute Gasteiger partial charge is 0.198 e. The summed E-state index contributed by atoms with van der Waals surface area (Å²) in [5.41, 5.74) is 0.546. The third kappa shape index (κ3) is 1.39. The van der Waals surface area contributed by atoms with Crippen LogP contribution in [-0.4, -0.2) is 26.8 Å². The van der Waals surface area contributed by atoms with Crippen molar-refractivity contribution < 1.29 is 19.8 Å². The zero-order valence-corrected chi connectivity index (χ0v) is 11.2. The zero-order valence-electron chi connectivity index (χ0n) is 11.2. The van der Waals surface area contributed by atoms with Gasteiger partial charge in [0, 0.05) is 22.7 Å². The van der Waals surface area contributed by atoms with E-state index in [2.05, 4.69) is 4.98 Å². The highest BCUT2D eigenvalue weighted by molar-refractivity contribution is 6.33. The van der Waals surface area contributed by atoms with E-state index in [1.807, 2.05) is 0 Å². The first kappa shape index (κ1) is 12.5. The fraction of sp³-hybridized carbons (Fsp3) is 0. The van der Waals surface area contributed by atoms with E-state index < -0.39 is 17.3 Å². The summed E-state index contributed by atoms with van der Waals surface area (Å²) in [4.78, 5) is 29.5. The summed E-state index contributed by atoms with van der Waals surface area (Å²) < 4.78 is 0. The standard InChI is InChI=1S/C17H9NO4/c19-14-8-4-1-2-5-9(8)15(20)12-11(14)13-10(6-3-7-18-13)16(21)17(12)22/h1-7,21-22H. The van der Waals surface area contributed by atoms with Gasteiger partial charge in [-0.3, -0.25) is 14.6 Å². The Hall–Kier alpha value is -3.21. The van der Waals surface area contributed by atoms with Crippen LogP contribution in [0.15, 0.2) is 42.6 Å². The quantitative estimate of drug-likeness (QED) is 0.486. The Labute approximate surface area is 124 Å². The monoisotopic (exact) mass is 291 g/mol. The van der Waals surface area contributed by atoms with E-state index in [0.717, 1.165) is 0 Å². The fourth-order valence-electron chi connectivity index (χ4n) is 2.87. The minimum atomic E-state index is -0.580. The molecule has 2 aromatic carbocycles. The highest BCUT2D eigenvalue weighted by Gasteiger charge is 2.35. The number of hydrogen-bond donors (Lipinski definition) is 2. The van der Waals surface area contributed by atoms with Crippen molar-refractivity contribution in [3.05, 3.63) is 64.8 Å². The van der Waals surface area contributed by atoms with Crippen molar-refractivity contribution in [1.82, 2.24) is 4.98 Å². The number of carbonyl (C=O) groups excluding carboxylic acids is 2. The molecule has 0 unspecified atom stereocenters. The number of pyridine rings is 1. The summed E-state index contributed by atoms with van der Waals surface area (Å²) in [5.74, 6) is -1.90. The van der Waals surface area contributed by atoms with Crippen molar-refractivity contribution in [2.45, 2.75) is 0 Å². The van der Waals surface area contributed by atoms with E-state index in [4.69, 9.17) is 0 Å². The van der Waals surface area contributed by atoms with Gasteiger partial charge in [-0.2, -0.15) is 0 Å². The number of nitrogens with zero attached hydrogens (tertiary/aromatic N) is 1. The number of aromatic nitrogens is 1. The molecule has 106 valence electrons. The largest absolute Gasteiger partial charge is 0.504 e. The average Bonchev–Trinajstić information content (AvgIpc) is 2.56. The first-order valence-electron chi connectivity index (χ1n) is 6.62. The molecule has 22 heavy (non-hydrogen) atoms. The van der Waals surface area contributed by atoms with Gasteiger partial charge in [0.1, 0.15) is 0 Å². The maximum atomic E-state index is 12.7. The number of phenolic OH excluding ortho intramolecular Hbond substituents is 2. The Balaban J connectivity index is 2.22. The number of ketones is 2. The summed E-state index contributed by atoms with van der Waals surface area (Å²) in [6.07, 6.45) is 1.47. The minimum absolute atomic E-state index is 0.0367. The van der Waals surface area contributed by atoms with Crippen LogP contribution in [0.5, 0.6) is 11.5 Å². The second-order valence-corrected chi connectivity index (χ2v) is 5.05. The predicted octanol–water partition coefficient (Wildman–Crippen LogP) is 2.42. The normalized spacial score (nSPS) is 13.1. The van der Waals surface area contributed by atoms with Gasteiger partial charge in [0.2, 0.25) is 0 Å². The van der Waals surface area contributed by atoms with Gasteiger partial charge in [-0.15, -0.1) is 0 Å². The summed E-state index contributed by atoms with van der Waals surface area (Å²) in [6, 6.07) is 9.53. The molecule has 1 aliphatic carbocycles. The van der Waals surface area contributed by atoms with Gasteiger partial charge in [-0.25, -0.2) is 0 Å². The van der Waals surface area contributed by atoms with Crippen LogP contribution in [0.1, 0.15) is 31.8 Å². The Morgan fingerprint density at radius 3 is 2.09 bits per heavy atom. The summed E-state index contributed by atoms with van der Waals surface area (Å²) in [7, 11) is 0. The molecule has 0 aliphatic heterocycles. The van der Waals surface area contributed by atoms with Crippen LogP contribution in [0.3, 0.4) is 0 Å². The lowest BCUT2D eigenvalue weighted by molar-refractivity contribution is 0.0977. The molecule has 0 saturated heterocycles. The van der Waals surface area contributed by atoms with Crippen molar-refractivity contribution in [2.24, 2.45) is 0 Å². The first-order valence-corrected chi connectivity index (χ1v) is 6.62. The molecule has 5 nitrogen and oxygen atoms in total. The molecule has 1 heterocycles. The van der Waals surface area contributed by atoms with E-state index in [9.17, 15) is 19.8 Å². The highest BCUT2D eigenvalue weighted by atomic mass is 16.3. The molecule has 5 heteroatoms. The van der Waals surface area contributed by atoms with Gasteiger partial charge in [0.25, 0.3) is 0 Å². The number of aromatic hydroxyl groups is 2. The van der Waals surface area contributed by atoms with Crippen LogP contribution in [-0.2, 0) is 0 Å². The number of benzene rings is 2. The van der Waals surface area contributed by atoms with Crippen molar-refractivity contribution in [1.29, 1.82) is 0 Å². The van der Waals surface area contributed by atoms with Crippen LogP contribution in [0, 0.1) is 0 Å². The number of fused-ring (bicyclic) bond motifs is 4. The molecular formula is C17H9NO4. The molecule has 0 saturated carbocycles. The number of phenols is 2. The van der Waals surface area contributed by atoms with Gasteiger partial charge in [0.05, 0.1) is 16.6 Å². The molecule has 2 N–H and O–H groups in total. The highest BCUT2D eigenvalue weighted by Crippen LogP contribution is 2.43. The third-order valence-electron chi connectivity index (χ3n) is 3.88. The summed E-state index contributed by atoms with van der Waals surface area (Å²) in [6.45, 7) is 0. The number of carbonyl (C=O) groups is 2. The molecule has 4 rings (SSSR count). The van der Waals surface area contributed by atoms with E-state index >= 15 is 0 Å².